The van der Waals surface area contributed by atoms with Crippen LogP contribution in [0.2, 0.25) is 0 Å². The molecule has 2 aromatic rings. The molecule has 6 heteroatoms. The second kappa shape index (κ2) is 6.07. The quantitative estimate of drug-likeness (QED) is 0.865. The van der Waals surface area contributed by atoms with Crippen molar-refractivity contribution in [2.45, 2.75) is 52.0 Å². The molecule has 1 saturated heterocycles. The van der Waals surface area contributed by atoms with Gasteiger partial charge in [-0.05, 0) is 45.4 Å². The molecule has 2 aliphatic rings. The number of imidazole rings is 1. The molecule has 24 heavy (non-hydrogen) atoms. The topological polar surface area (TPSA) is 64.2 Å². The molecule has 1 saturated carbocycles. The van der Waals surface area contributed by atoms with E-state index in [1.54, 1.807) is 6.92 Å². The first kappa shape index (κ1) is 15.4. The van der Waals surface area contributed by atoms with Crippen molar-refractivity contribution in [1.82, 2.24) is 19.6 Å². The Morgan fingerprint density at radius 2 is 2.00 bits per heavy atom. The van der Waals surface area contributed by atoms with E-state index < -0.39 is 0 Å². The molecular weight excluding hydrogens is 304 g/mol. The van der Waals surface area contributed by atoms with Gasteiger partial charge < -0.3 is 14.0 Å². The molecule has 3 heterocycles. The van der Waals surface area contributed by atoms with Gasteiger partial charge in [0.05, 0.1) is 5.69 Å². The van der Waals surface area contributed by atoms with Crippen LogP contribution in [0.25, 0.3) is 0 Å². The van der Waals surface area contributed by atoms with Gasteiger partial charge in [-0.2, -0.15) is 0 Å². The largest absolute Gasteiger partial charge is 0.361 e. The number of aromatic nitrogens is 3. The van der Waals surface area contributed by atoms with Crippen molar-refractivity contribution in [3.8, 4) is 0 Å². The third-order valence-electron chi connectivity index (χ3n) is 5.29. The van der Waals surface area contributed by atoms with Crippen LogP contribution >= 0.6 is 0 Å². The highest BCUT2D eigenvalue weighted by atomic mass is 16.5. The number of amides is 1. The Bertz CT molecular complexity index is 717. The molecule has 2 fully saturated rings. The predicted molar refractivity (Wildman–Crippen MR) is 88.8 cm³/mol. The van der Waals surface area contributed by atoms with E-state index in [-0.39, 0.29) is 5.91 Å². The first-order chi connectivity index (χ1) is 11.6. The second-order valence-corrected chi connectivity index (χ2v) is 7.15. The number of hydrogen-bond donors (Lipinski definition) is 0. The summed E-state index contributed by atoms with van der Waals surface area (Å²) in [6, 6.07) is 0. The van der Waals surface area contributed by atoms with Crippen molar-refractivity contribution in [1.29, 1.82) is 0 Å². The van der Waals surface area contributed by atoms with Gasteiger partial charge in [0.1, 0.15) is 17.1 Å². The molecule has 0 aromatic carbocycles. The molecule has 0 bridgehead atoms. The summed E-state index contributed by atoms with van der Waals surface area (Å²) in [7, 11) is 0. The molecular formula is C18H24N4O2. The zero-order valence-corrected chi connectivity index (χ0v) is 14.4. The highest BCUT2D eigenvalue weighted by Crippen LogP contribution is 2.33. The first-order valence-electron chi connectivity index (χ1n) is 8.86. The molecule has 128 valence electrons. The molecule has 0 spiro atoms. The smallest absolute Gasteiger partial charge is 0.259 e. The fraction of sp³-hybridized carbons (Fsp3) is 0.611. The van der Waals surface area contributed by atoms with Gasteiger partial charge in [0.2, 0.25) is 0 Å². The zero-order valence-electron chi connectivity index (χ0n) is 14.4. The van der Waals surface area contributed by atoms with E-state index in [9.17, 15) is 4.79 Å². The normalized spacial score (nSPS) is 19.0. The summed E-state index contributed by atoms with van der Waals surface area (Å²) in [6.45, 7) is 6.26. The van der Waals surface area contributed by atoms with Crippen molar-refractivity contribution in [3.05, 3.63) is 35.2 Å². The minimum atomic E-state index is 0.0472. The molecule has 0 N–H and O–H groups in total. The van der Waals surface area contributed by atoms with Gasteiger partial charge in [-0.25, -0.2) is 4.98 Å². The summed E-state index contributed by atoms with van der Waals surface area (Å²) in [5, 5.41) is 3.90. The lowest BCUT2D eigenvalue weighted by atomic mass is 9.95. The van der Waals surface area contributed by atoms with Crippen LogP contribution in [0.1, 0.15) is 59.2 Å². The molecule has 1 amide bonds. The zero-order chi connectivity index (χ0) is 16.7. The minimum Gasteiger partial charge on any atom is -0.361 e. The molecule has 2 aromatic heterocycles. The lowest BCUT2D eigenvalue weighted by molar-refractivity contribution is 0.0708. The molecule has 0 radical (unpaired) electrons. The summed E-state index contributed by atoms with van der Waals surface area (Å²) in [4.78, 5) is 19.3. The number of likely N-dealkylation sites (tertiary alicyclic amines) is 1. The van der Waals surface area contributed by atoms with Crippen LogP contribution < -0.4 is 0 Å². The lowest BCUT2D eigenvalue weighted by Gasteiger charge is -2.32. The summed E-state index contributed by atoms with van der Waals surface area (Å²) >= 11 is 0. The Hall–Kier alpha value is -2.11. The van der Waals surface area contributed by atoms with Crippen molar-refractivity contribution in [3.63, 3.8) is 0 Å². The van der Waals surface area contributed by atoms with Gasteiger partial charge in [-0.3, -0.25) is 4.79 Å². The monoisotopic (exact) mass is 328 g/mol. The average Bonchev–Trinajstić information content (AvgIpc) is 3.17. The van der Waals surface area contributed by atoms with E-state index in [0.29, 0.717) is 22.9 Å². The maximum atomic E-state index is 12.7. The maximum absolute atomic E-state index is 12.7. The third kappa shape index (κ3) is 2.85. The standard InChI is InChI=1S/C18H24N4O2/c1-12-16(13(2)24-20-12)18(23)21-8-5-15(6-9-21)17-19-7-10-22(17)11-14-3-4-14/h7,10,14-15H,3-6,8-9,11H2,1-2H3. The van der Waals surface area contributed by atoms with E-state index in [4.69, 9.17) is 4.52 Å². The number of aryl methyl sites for hydroxylation is 2. The number of carbonyl (C=O) groups excluding carboxylic acids is 1. The number of carbonyl (C=O) groups is 1. The highest BCUT2D eigenvalue weighted by molar-refractivity contribution is 5.96. The van der Waals surface area contributed by atoms with Crippen LogP contribution in [-0.4, -0.2) is 38.6 Å². The Morgan fingerprint density at radius 1 is 1.25 bits per heavy atom. The molecule has 1 aliphatic carbocycles. The van der Waals surface area contributed by atoms with E-state index >= 15 is 0 Å². The van der Waals surface area contributed by atoms with Gasteiger partial charge >= 0.3 is 0 Å². The molecule has 0 atom stereocenters. The Morgan fingerprint density at radius 3 is 2.62 bits per heavy atom. The number of rotatable bonds is 4. The minimum absolute atomic E-state index is 0.0472. The van der Waals surface area contributed by atoms with Crippen molar-refractivity contribution in [2.75, 3.05) is 13.1 Å². The summed E-state index contributed by atoms with van der Waals surface area (Å²) in [5.74, 6) is 3.16. The number of hydrogen-bond acceptors (Lipinski definition) is 4. The third-order valence-corrected chi connectivity index (χ3v) is 5.29. The lowest BCUT2D eigenvalue weighted by Crippen LogP contribution is -2.38. The van der Waals surface area contributed by atoms with E-state index in [1.165, 1.54) is 18.7 Å². The van der Waals surface area contributed by atoms with E-state index in [0.717, 1.165) is 38.4 Å². The maximum Gasteiger partial charge on any atom is 0.259 e. The van der Waals surface area contributed by atoms with Crippen LogP contribution in [0.4, 0.5) is 0 Å². The summed E-state index contributed by atoms with van der Waals surface area (Å²) in [6.07, 6.45) is 8.66. The van der Waals surface area contributed by atoms with Crippen LogP contribution in [0.5, 0.6) is 0 Å². The van der Waals surface area contributed by atoms with Crippen molar-refractivity contribution >= 4 is 5.91 Å². The highest BCUT2D eigenvalue weighted by Gasteiger charge is 2.30. The molecule has 0 unspecified atom stereocenters. The number of piperidine rings is 1. The van der Waals surface area contributed by atoms with Gasteiger partial charge in [0, 0.05) is 37.9 Å². The van der Waals surface area contributed by atoms with E-state index in [2.05, 4.69) is 20.9 Å². The SMILES string of the molecule is Cc1noc(C)c1C(=O)N1CCC(c2nccn2CC2CC2)CC1. The van der Waals surface area contributed by atoms with Gasteiger partial charge in [0.25, 0.3) is 5.91 Å². The first-order valence-corrected chi connectivity index (χ1v) is 8.86. The second-order valence-electron chi connectivity index (χ2n) is 7.15. The molecule has 6 nitrogen and oxygen atoms in total. The Kier molecular flexibility index (Phi) is 3.90. The molecule has 4 rings (SSSR count). The van der Waals surface area contributed by atoms with Gasteiger partial charge in [-0.15, -0.1) is 0 Å². The number of nitrogens with zero attached hydrogens (tertiary/aromatic N) is 4. The summed E-state index contributed by atoms with van der Waals surface area (Å²) in [5.41, 5.74) is 1.31. The fourth-order valence-electron chi connectivity index (χ4n) is 3.70. The molecule has 1 aliphatic heterocycles. The Balaban J connectivity index is 1.42. The average molecular weight is 328 g/mol. The van der Waals surface area contributed by atoms with Crippen LogP contribution in [0.15, 0.2) is 16.9 Å². The van der Waals surface area contributed by atoms with Crippen molar-refractivity contribution < 1.29 is 9.32 Å². The van der Waals surface area contributed by atoms with E-state index in [1.807, 2.05) is 18.0 Å². The van der Waals surface area contributed by atoms with Crippen LogP contribution in [-0.2, 0) is 6.54 Å². The van der Waals surface area contributed by atoms with Crippen LogP contribution in [0, 0.1) is 19.8 Å². The van der Waals surface area contributed by atoms with Gasteiger partial charge in [-0.1, -0.05) is 5.16 Å². The van der Waals surface area contributed by atoms with Gasteiger partial charge in [0.15, 0.2) is 0 Å². The van der Waals surface area contributed by atoms with Crippen molar-refractivity contribution in [2.24, 2.45) is 5.92 Å². The Labute approximate surface area is 141 Å². The summed E-state index contributed by atoms with van der Waals surface area (Å²) < 4.78 is 7.46. The predicted octanol–water partition coefficient (Wildman–Crippen LogP) is 2.92. The fourth-order valence-corrected chi connectivity index (χ4v) is 3.70. The van der Waals surface area contributed by atoms with Crippen LogP contribution in [0.3, 0.4) is 0 Å².